The molecule has 1 saturated heterocycles. The second-order valence-corrected chi connectivity index (χ2v) is 6.21. The predicted molar refractivity (Wildman–Crippen MR) is 93.5 cm³/mol. The molecule has 1 fully saturated rings. The summed E-state index contributed by atoms with van der Waals surface area (Å²) in [4.78, 5) is 8.56. The lowest BCUT2D eigenvalue weighted by Crippen LogP contribution is -2.36. The number of likely N-dealkylation sites (tertiary alicyclic amines) is 1. The first-order valence-corrected chi connectivity index (χ1v) is 8.58. The minimum atomic E-state index is 0.694. The Labute approximate surface area is 139 Å². The SMILES string of the molecule is c1ccc(CN(Cc2ccccc2)OCN2CCCCC2)cc1. The molecule has 0 bridgehead atoms. The van der Waals surface area contributed by atoms with Crippen LogP contribution in [0.5, 0.6) is 0 Å². The van der Waals surface area contributed by atoms with Gasteiger partial charge >= 0.3 is 0 Å². The van der Waals surface area contributed by atoms with E-state index in [4.69, 9.17) is 4.84 Å². The van der Waals surface area contributed by atoms with Crippen LogP contribution in [-0.4, -0.2) is 29.8 Å². The lowest BCUT2D eigenvalue weighted by atomic mass is 10.1. The fourth-order valence-electron chi connectivity index (χ4n) is 2.97. The van der Waals surface area contributed by atoms with E-state index in [9.17, 15) is 0 Å². The maximum atomic E-state index is 6.15. The van der Waals surface area contributed by atoms with Crippen LogP contribution in [-0.2, 0) is 17.9 Å². The van der Waals surface area contributed by atoms with Gasteiger partial charge in [0.2, 0.25) is 0 Å². The highest BCUT2D eigenvalue weighted by molar-refractivity contribution is 5.16. The number of piperidine rings is 1. The van der Waals surface area contributed by atoms with E-state index < -0.39 is 0 Å². The van der Waals surface area contributed by atoms with Crippen molar-refractivity contribution in [2.24, 2.45) is 0 Å². The third-order valence-corrected chi connectivity index (χ3v) is 4.28. The summed E-state index contributed by atoms with van der Waals surface area (Å²) in [5.41, 5.74) is 2.56. The van der Waals surface area contributed by atoms with Crippen LogP contribution >= 0.6 is 0 Å². The van der Waals surface area contributed by atoms with Crippen LogP contribution in [0.15, 0.2) is 60.7 Å². The first kappa shape index (κ1) is 16.2. The lowest BCUT2D eigenvalue weighted by Gasteiger charge is -2.29. The summed E-state index contributed by atoms with van der Waals surface area (Å²) in [6.07, 6.45) is 3.94. The van der Waals surface area contributed by atoms with E-state index in [1.807, 2.05) is 0 Å². The van der Waals surface area contributed by atoms with Gasteiger partial charge in [-0.1, -0.05) is 67.1 Å². The molecule has 0 N–H and O–H groups in total. The average molecular weight is 310 g/mol. The summed E-state index contributed by atoms with van der Waals surface area (Å²) in [6, 6.07) is 21.1. The highest BCUT2D eigenvalue weighted by Crippen LogP contribution is 2.13. The van der Waals surface area contributed by atoms with Crippen molar-refractivity contribution >= 4 is 0 Å². The fourth-order valence-corrected chi connectivity index (χ4v) is 2.97. The molecule has 0 aliphatic carbocycles. The monoisotopic (exact) mass is 310 g/mol. The quantitative estimate of drug-likeness (QED) is 0.717. The molecular formula is C20H26N2O. The molecule has 3 heteroatoms. The van der Waals surface area contributed by atoms with Crippen molar-refractivity contribution in [3.8, 4) is 0 Å². The van der Waals surface area contributed by atoms with E-state index in [-0.39, 0.29) is 0 Å². The Kier molecular flexibility index (Phi) is 6.21. The summed E-state index contributed by atoms with van der Waals surface area (Å²) >= 11 is 0. The number of hydrogen-bond donors (Lipinski definition) is 0. The molecule has 3 nitrogen and oxygen atoms in total. The van der Waals surface area contributed by atoms with Gasteiger partial charge in [0.1, 0.15) is 6.73 Å². The topological polar surface area (TPSA) is 15.7 Å². The van der Waals surface area contributed by atoms with Gasteiger partial charge in [0.05, 0.1) is 0 Å². The molecule has 0 unspecified atom stereocenters. The van der Waals surface area contributed by atoms with Gasteiger partial charge in [-0.15, -0.1) is 0 Å². The van der Waals surface area contributed by atoms with E-state index in [1.54, 1.807) is 0 Å². The molecule has 3 rings (SSSR count). The molecule has 0 atom stereocenters. The second-order valence-electron chi connectivity index (χ2n) is 6.21. The zero-order valence-electron chi connectivity index (χ0n) is 13.7. The van der Waals surface area contributed by atoms with Crippen molar-refractivity contribution in [2.75, 3.05) is 19.8 Å². The van der Waals surface area contributed by atoms with Crippen LogP contribution < -0.4 is 0 Å². The Hall–Kier alpha value is -1.68. The van der Waals surface area contributed by atoms with Gasteiger partial charge < -0.3 is 0 Å². The minimum absolute atomic E-state index is 0.694. The van der Waals surface area contributed by atoms with Crippen LogP contribution in [0.3, 0.4) is 0 Å². The minimum Gasteiger partial charge on any atom is -0.283 e. The number of hydroxylamine groups is 2. The fraction of sp³-hybridized carbons (Fsp3) is 0.400. The van der Waals surface area contributed by atoms with Crippen molar-refractivity contribution in [3.63, 3.8) is 0 Å². The molecule has 23 heavy (non-hydrogen) atoms. The maximum Gasteiger partial charge on any atom is 0.121 e. The van der Waals surface area contributed by atoms with Gasteiger partial charge in [0, 0.05) is 26.2 Å². The molecular weight excluding hydrogens is 284 g/mol. The Morgan fingerprint density at radius 1 is 0.739 bits per heavy atom. The molecule has 122 valence electrons. The molecule has 0 radical (unpaired) electrons. The normalized spacial score (nSPS) is 15.9. The van der Waals surface area contributed by atoms with Gasteiger partial charge in [-0.2, -0.15) is 5.06 Å². The predicted octanol–water partition coefficient (Wildman–Crippen LogP) is 4.06. The number of benzene rings is 2. The molecule has 2 aromatic rings. The van der Waals surface area contributed by atoms with Crippen molar-refractivity contribution in [2.45, 2.75) is 32.4 Å². The number of rotatable bonds is 7. The molecule has 1 heterocycles. The molecule has 1 aliphatic heterocycles. The van der Waals surface area contributed by atoms with Crippen molar-refractivity contribution in [1.29, 1.82) is 0 Å². The van der Waals surface area contributed by atoms with Gasteiger partial charge in [0.15, 0.2) is 0 Å². The van der Waals surface area contributed by atoms with E-state index in [2.05, 4.69) is 70.6 Å². The van der Waals surface area contributed by atoms with Crippen molar-refractivity contribution in [1.82, 2.24) is 9.96 Å². The van der Waals surface area contributed by atoms with Crippen molar-refractivity contribution < 1.29 is 4.84 Å². The molecule has 0 amide bonds. The zero-order valence-corrected chi connectivity index (χ0v) is 13.7. The van der Waals surface area contributed by atoms with Crippen LogP contribution in [0.2, 0.25) is 0 Å². The number of nitrogens with zero attached hydrogens (tertiary/aromatic N) is 2. The molecule has 0 aromatic heterocycles. The molecule has 0 saturated carbocycles. The third-order valence-electron chi connectivity index (χ3n) is 4.28. The Morgan fingerprint density at radius 2 is 1.26 bits per heavy atom. The van der Waals surface area contributed by atoms with Crippen molar-refractivity contribution in [3.05, 3.63) is 71.8 Å². The largest absolute Gasteiger partial charge is 0.283 e. The summed E-state index contributed by atoms with van der Waals surface area (Å²) in [5, 5.41) is 2.08. The maximum absolute atomic E-state index is 6.15. The Bertz CT molecular complexity index is 511. The molecule has 2 aromatic carbocycles. The molecule has 1 aliphatic rings. The summed E-state index contributed by atoms with van der Waals surface area (Å²) in [5.74, 6) is 0. The Morgan fingerprint density at radius 3 is 1.78 bits per heavy atom. The van der Waals surface area contributed by atoms with E-state index in [0.29, 0.717) is 6.73 Å². The summed E-state index contributed by atoms with van der Waals surface area (Å²) in [7, 11) is 0. The lowest BCUT2D eigenvalue weighted by molar-refractivity contribution is -0.206. The third kappa shape index (κ3) is 5.47. The highest BCUT2D eigenvalue weighted by atomic mass is 16.7. The van der Waals surface area contributed by atoms with Crippen LogP contribution in [0.1, 0.15) is 30.4 Å². The van der Waals surface area contributed by atoms with Gasteiger partial charge in [-0.3, -0.25) is 9.74 Å². The zero-order chi connectivity index (χ0) is 15.7. The number of hydrogen-bond acceptors (Lipinski definition) is 3. The van der Waals surface area contributed by atoms with E-state index in [0.717, 1.165) is 26.2 Å². The molecule has 0 spiro atoms. The Balaban J connectivity index is 1.60. The van der Waals surface area contributed by atoms with E-state index >= 15 is 0 Å². The van der Waals surface area contributed by atoms with Crippen LogP contribution in [0.25, 0.3) is 0 Å². The van der Waals surface area contributed by atoms with E-state index in [1.165, 1.54) is 30.4 Å². The summed E-state index contributed by atoms with van der Waals surface area (Å²) in [6.45, 7) is 4.63. The average Bonchev–Trinajstić information content (AvgIpc) is 2.62. The van der Waals surface area contributed by atoms with Crippen LogP contribution in [0.4, 0.5) is 0 Å². The standard InChI is InChI=1S/C20H26N2O/c1-4-10-19(11-5-1)16-22(17-20-12-6-2-7-13-20)23-18-21-14-8-3-9-15-21/h1-2,4-7,10-13H,3,8-9,14-18H2. The van der Waals surface area contributed by atoms with Crippen LogP contribution in [0, 0.1) is 0 Å². The summed E-state index contributed by atoms with van der Waals surface area (Å²) < 4.78 is 0. The first-order chi connectivity index (χ1) is 11.4. The van der Waals surface area contributed by atoms with Gasteiger partial charge in [0.25, 0.3) is 0 Å². The smallest absolute Gasteiger partial charge is 0.121 e. The second kappa shape index (κ2) is 8.82. The first-order valence-electron chi connectivity index (χ1n) is 8.58. The van der Waals surface area contributed by atoms with Gasteiger partial charge in [-0.05, 0) is 24.0 Å². The highest BCUT2D eigenvalue weighted by Gasteiger charge is 2.13. The van der Waals surface area contributed by atoms with Gasteiger partial charge in [-0.25, -0.2) is 0 Å².